The number of hydrogen-bond acceptors (Lipinski definition) is 4. The van der Waals surface area contributed by atoms with Crippen molar-refractivity contribution in [3.8, 4) is 0 Å². The molecule has 0 aliphatic rings. The standard InChI is InChI=1S/C13H20N2O3S.ClH/c1-10(2)8-19(17,18)9-13(16)15-12-5-3-11(7-14)4-6-12;/h3-6,10H,7-9,14H2,1-2H3,(H,15,16);1H. The van der Waals surface area contributed by atoms with Gasteiger partial charge >= 0.3 is 0 Å². The molecule has 5 nitrogen and oxygen atoms in total. The van der Waals surface area contributed by atoms with Crippen LogP contribution in [0.1, 0.15) is 19.4 Å². The third-order valence-corrected chi connectivity index (χ3v) is 4.29. The van der Waals surface area contributed by atoms with Gasteiger partial charge in [-0.2, -0.15) is 0 Å². The summed E-state index contributed by atoms with van der Waals surface area (Å²) in [7, 11) is -3.35. The van der Waals surface area contributed by atoms with E-state index in [9.17, 15) is 13.2 Å². The monoisotopic (exact) mass is 320 g/mol. The van der Waals surface area contributed by atoms with Crippen LogP contribution in [0.15, 0.2) is 24.3 Å². The van der Waals surface area contributed by atoms with E-state index < -0.39 is 21.5 Å². The highest BCUT2D eigenvalue weighted by Gasteiger charge is 2.18. The Bertz CT molecular complexity index is 527. The van der Waals surface area contributed by atoms with Crippen molar-refractivity contribution >= 4 is 33.8 Å². The van der Waals surface area contributed by atoms with E-state index in [1.165, 1.54) is 0 Å². The number of hydrogen-bond donors (Lipinski definition) is 2. The highest BCUT2D eigenvalue weighted by atomic mass is 35.5. The number of halogens is 1. The van der Waals surface area contributed by atoms with Crippen molar-refractivity contribution in [3.05, 3.63) is 29.8 Å². The third kappa shape index (κ3) is 6.88. The predicted molar refractivity (Wildman–Crippen MR) is 83.7 cm³/mol. The van der Waals surface area contributed by atoms with Gasteiger partial charge in [-0.05, 0) is 23.6 Å². The minimum Gasteiger partial charge on any atom is -0.326 e. The lowest BCUT2D eigenvalue weighted by atomic mass is 10.2. The fourth-order valence-electron chi connectivity index (χ4n) is 1.69. The number of nitrogens with two attached hydrogens (primary N) is 1. The smallest absolute Gasteiger partial charge is 0.239 e. The van der Waals surface area contributed by atoms with Gasteiger partial charge in [0.15, 0.2) is 9.84 Å². The van der Waals surface area contributed by atoms with E-state index >= 15 is 0 Å². The molecule has 7 heteroatoms. The normalized spacial score (nSPS) is 11.0. The van der Waals surface area contributed by atoms with Crippen LogP contribution in [0.25, 0.3) is 0 Å². The minimum absolute atomic E-state index is 0. The lowest BCUT2D eigenvalue weighted by Crippen LogP contribution is -2.26. The third-order valence-electron chi connectivity index (χ3n) is 2.41. The second-order valence-electron chi connectivity index (χ2n) is 4.90. The number of anilines is 1. The summed E-state index contributed by atoms with van der Waals surface area (Å²) in [6, 6.07) is 6.99. The summed E-state index contributed by atoms with van der Waals surface area (Å²) in [6.45, 7) is 4.04. The average Bonchev–Trinajstić information content (AvgIpc) is 2.27. The predicted octanol–water partition coefficient (Wildman–Crippen LogP) is 1.58. The maximum atomic E-state index is 11.7. The molecular formula is C13H21ClN2O3S. The molecule has 3 N–H and O–H groups in total. The molecule has 0 radical (unpaired) electrons. The van der Waals surface area contributed by atoms with Crippen molar-refractivity contribution < 1.29 is 13.2 Å². The SMILES string of the molecule is CC(C)CS(=O)(=O)CC(=O)Nc1ccc(CN)cc1.Cl. The van der Waals surface area contributed by atoms with E-state index in [2.05, 4.69) is 5.32 Å². The maximum Gasteiger partial charge on any atom is 0.239 e. The van der Waals surface area contributed by atoms with Gasteiger partial charge in [0.1, 0.15) is 5.75 Å². The molecule has 0 atom stereocenters. The Kier molecular flexibility index (Phi) is 7.78. The van der Waals surface area contributed by atoms with Crippen LogP contribution in [-0.4, -0.2) is 25.8 Å². The van der Waals surface area contributed by atoms with Gasteiger partial charge in [-0.3, -0.25) is 4.79 Å². The molecule has 0 aliphatic carbocycles. The summed E-state index contributed by atoms with van der Waals surface area (Å²) in [5.41, 5.74) is 6.98. The highest BCUT2D eigenvalue weighted by molar-refractivity contribution is 7.92. The summed E-state index contributed by atoms with van der Waals surface area (Å²) in [4.78, 5) is 11.6. The second-order valence-corrected chi connectivity index (χ2v) is 7.01. The van der Waals surface area contributed by atoms with E-state index in [4.69, 9.17) is 5.73 Å². The van der Waals surface area contributed by atoms with E-state index in [-0.39, 0.29) is 24.1 Å². The quantitative estimate of drug-likeness (QED) is 0.832. The van der Waals surface area contributed by atoms with Crippen molar-refractivity contribution in [2.45, 2.75) is 20.4 Å². The lowest BCUT2D eigenvalue weighted by molar-refractivity contribution is -0.113. The Morgan fingerprint density at radius 3 is 2.25 bits per heavy atom. The molecule has 1 amide bonds. The highest BCUT2D eigenvalue weighted by Crippen LogP contribution is 2.09. The van der Waals surface area contributed by atoms with E-state index in [1.54, 1.807) is 38.1 Å². The van der Waals surface area contributed by atoms with Crippen molar-refractivity contribution in [1.82, 2.24) is 0 Å². The van der Waals surface area contributed by atoms with Crippen LogP contribution in [0.3, 0.4) is 0 Å². The Morgan fingerprint density at radius 1 is 1.25 bits per heavy atom. The first kappa shape index (κ1) is 18.9. The molecule has 114 valence electrons. The van der Waals surface area contributed by atoms with Crippen LogP contribution in [0.4, 0.5) is 5.69 Å². The number of benzene rings is 1. The summed E-state index contributed by atoms with van der Waals surface area (Å²) in [6.07, 6.45) is 0. The molecule has 1 aromatic rings. The number of carbonyl (C=O) groups is 1. The summed E-state index contributed by atoms with van der Waals surface area (Å²) < 4.78 is 23.3. The Labute approximate surface area is 126 Å². The average molecular weight is 321 g/mol. The molecule has 0 fully saturated rings. The number of amides is 1. The molecule has 0 heterocycles. The number of sulfone groups is 1. The molecule has 0 aliphatic heterocycles. The van der Waals surface area contributed by atoms with Crippen molar-refractivity contribution in [1.29, 1.82) is 0 Å². The van der Waals surface area contributed by atoms with Crippen molar-refractivity contribution in [2.24, 2.45) is 11.7 Å². The van der Waals surface area contributed by atoms with Gasteiger partial charge in [0.2, 0.25) is 5.91 Å². The van der Waals surface area contributed by atoms with Gasteiger partial charge in [-0.1, -0.05) is 26.0 Å². The van der Waals surface area contributed by atoms with Crippen LogP contribution >= 0.6 is 12.4 Å². The summed E-state index contributed by atoms with van der Waals surface area (Å²) >= 11 is 0. The zero-order chi connectivity index (χ0) is 14.5. The second kappa shape index (κ2) is 8.24. The largest absolute Gasteiger partial charge is 0.326 e. The molecule has 0 aromatic heterocycles. The number of carbonyl (C=O) groups excluding carboxylic acids is 1. The minimum atomic E-state index is -3.35. The molecule has 1 aromatic carbocycles. The van der Waals surface area contributed by atoms with Gasteiger partial charge < -0.3 is 11.1 Å². The Morgan fingerprint density at radius 2 is 1.80 bits per heavy atom. The van der Waals surface area contributed by atoms with Crippen molar-refractivity contribution in [2.75, 3.05) is 16.8 Å². The van der Waals surface area contributed by atoms with Gasteiger partial charge in [0.25, 0.3) is 0 Å². The zero-order valence-electron chi connectivity index (χ0n) is 11.6. The summed E-state index contributed by atoms with van der Waals surface area (Å²) in [5, 5.41) is 2.56. The lowest BCUT2D eigenvalue weighted by Gasteiger charge is -2.08. The fraction of sp³-hybridized carbons (Fsp3) is 0.462. The Hall–Kier alpha value is -1.11. The topological polar surface area (TPSA) is 89.3 Å². The molecule has 0 spiro atoms. The molecule has 0 bridgehead atoms. The van der Waals surface area contributed by atoms with Crippen LogP contribution in [-0.2, 0) is 21.2 Å². The van der Waals surface area contributed by atoms with Gasteiger partial charge in [0.05, 0.1) is 5.75 Å². The zero-order valence-corrected chi connectivity index (χ0v) is 13.3. The van der Waals surface area contributed by atoms with Gasteiger partial charge in [-0.15, -0.1) is 12.4 Å². The van der Waals surface area contributed by atoms with Gasteiger partial charge in [0, 0.05) is 12.2 Å². The van der Waals surface area contributed by atoms with Crippen LogP contribution in [0, 0.1) is 5.92 Å². The molecule has 0 saturated heterocycles. The van der Waals surface area contributed by atoms with Crippen LogP contribution in [0.5, 0.6) is 0 Å². The van der Waals surface area contributed by atoms with Crippen LogP contribution < -0.4 is 11.1 Å². The van der Waals surface area contributed by atoms with Crippen LogP contribution in [0.2, 0.25) is 0 Å². The Balaban J connectivity index is 0.00000361. The van der Waals surface area contributed by atoms with E-state index in [0.29, 0.717) is 12.2 Å². The summed E-state index contributed by atoms with van der Waals surface area (Å²) in [5.74, 6) is -0.959. The van der Waals surface area contributed by atoms with E-state index in [1.807, 2.05) is 0 Å². The van der Waals surface area contributed by atoms with Crippen molar-refractivity contribution in [3.63, 3.8) is 0 Å². The first-order valence-electron chi connectivity index (χ1n) is 6.11. The first-order chi connectivity index (χ1) is 8.82. The molecule has 0 saturated carbocycles. The molecule has 0 unspecified atom stereocenters. The van der Waals surface area contributed by atoms with Gasteiger partial charge in [-0.25, -0.2) is 8.42 Å². The molecular weight excluding hydrogens is 300 g/mol. The molecule has 20 heavy (non-hydrogen) atoms. The number of nitrogens with one attached hydrogen (secondary N) is 1. The molecule has 1 rings (SSSR count). The first-order valence-corrected chi connectivity index (χ1v) is 7.94. The number of rotatable bonds is 6. The van der Waals surface area contributed by atoms with E-state index in [0.717, 1.165) is 5.56 Å². The maximum absolute atomic E-state index is 11.7. The fourth-order valence-corrected chi connectivity index (χ4v) is 3.29.